The first-order chi connectivity index (χ1) is 9.01. The molecule has 5 atom stereocenters. The summed E-state index contributed by atoms with van der Waals surface area (Å²) >= 11 is 0. The average molecular weight is 267 g/mol. The number of nitrogens with zero attached hydrogens (tertiary/aromatic N) is 1. The van der Waals surface area contributed by atoms with Gasteiger partial charge in [-0.05, 0) is 37.1 Å². The largest absolute Gasteiger partial charge is 0.380 e. The number of hydrogen-bond acceptors (Lipinski definition) is 3. The summed E-state index contributed by atoms with van der Waals surface area (Å²) in [6.07, 6.45) is 3.51. The van der Waals surface area contributed by atoms with Gasteiger partial charge in [-0.15, -0.1) is 0 Å². The quantitative estimate of drug-likeness (QED) is 0.787. The van der Waals surface area contributed by atoms with E-state index in [2.05, 4.69) is 25.7 Å². The van der Waals surface area contributed by atoms with Gasteiger partial charge in [-0.25, -0.2) is 0 Å². The second-order valence-corrected chi connectivity index (χ2v) is 6.89. The molecule has 110 valence electrons. The topological polar surface area (TPSA) is 29.5 Å². The van der Waals surface area contributed by atoms with Crippen molar-refractivity contribution in [1.82, 2.24) is 4.90 Å². The highest BCUT2D eigenvalue weighted by molar-refractivity contribution is 5.82. The van der Waals surface area contributed by atoms with Gasteiger partial charge >= 0.3 is 0 Å². The van der Waals surface area contributed by atoms with Crippen LogP contribution in [0.1, 0.15) is 40.0 Å². The van der Waals surface area contributed by atoms with Crippen LogP contribution in [-0.2, 0) is 9.53 Å². The van der Waals surface area contributed by atoms with Crippen LogP contribution in [0.4, 0.5) is 0 Å². The van der Waals surface area contributed by atoms with E-state index >= 15 is 0 Å². The van der Waals surface area contributed by atoms with Crippen LogP contribution in [-0.4, -0.2) is 43.5 Å². The standard InChI is InChI=1S/C16H29NO2/c1-11-7-13(3)14(15(18)8-11)9-17-6-5-12(2)16(10-17)19-4/h11-14,16H,5-10H2,1-4H3. The number of rotatable bonds is 3. The Bertz CT molecular complexity index is 318. The highest BCUT2D eigenvalue weighted by Crippen LogP contribution is 2.32. The van der Waals surface area contributed by atoms with Crippen LogP contribution < -0.4 is 0 Å². The van der Waals surface area contributed by atoms with Gasteiger partial charge in [0.1, 0.15) is 5.78 Å². The summed E-state index contributed by atoms with van der Waals surface area (Å²) in [7, 11) is 1.81. The second kappa shape index (κ2) is 6.36. The Labute approximate surface area is 117 Å². The van der Waals surface area contributed by atoms with Crippen molar-refractivity contribution in [2.45, 2.75) is 46.1 Å². The molecular weight excluding hydrogens is 238 g/mol. The molecule has 5 unspecified atom stereocenters. The van der Waals surface area contributed by atoms with Gasteiger partial charge in [0.25, 0.3) is 0 Å². The zero-order chi connectivity index (χ0) is 14.0. The summed E-state index contributed by atoms with van der Waals surface area (Å²) < 4.78 is 5.57. The van der Waals surface area contributed by atoms with E-state index in [-0.39, 0.29) is 5.92 Å². The van der Waals surface area contributed by atoms with Crippen LogP contribution in [0.3, 0.4) is 0 Å². The number of carbonyl (C=O) groups excluding carboxylic acids is 1. The van der Waals surface area contributed by atoms with Crippen molar-refractivity contribution < 1.29 is 9.53 Å². The molecule has 1 aliphatic carbocycles. The number of piperidine rings is 1. The Morgan fingerprint density at radius 1 is 1.26 bits per heavy atom. The number of ether oxygens (including phenoxy) is 1. The fourth-order valence-electron chi connectivity index (χ4n) is 3.82. The maximum atomic E-state index is 12.2. The third-order valence-electron chi connectivity index (χ3n) is 5.16. The molecule has 0 bridgehead atoms. The Balaban J connectivity index is 1.91. The highest BCUT2D eigenvalue weighted by Gasteiger charge is 2.35. The molecule has 1 saturated heterocycles. The molecule has 3 nitrogen and oxygen atoms in total. The molecule has 0 radical (unpaired) electrons. The molecule has 2 fully saturated rings. The summed E-state index contributed by atoms with van der Waals surface area (Å²) in [6, 6.07) is 0. The average Bonchev–Trinajstić information content (AvgIpc) is 2.35. The van der Waals surface area contributed by atoms with Crippen molar-refractivity contribution in [3.63, 3.8) is 0 Å². The van der Waals surface area contributed by atoms with Crippen molar-refractivity contribution in [2.75, 3.05) is 26.7 Å². The van der Waals surface area contributed by atoms with Crippen LogP contribution in [0, 0.1) is 23.7 Å². The fraction of sp³-hybridized carbons (Fsp3) is 0.938. The summed E-state index contributed by atoms with van der Waals surface area (Å²) in [6.45, 7) is 9.77. The van der Waals surface area contributed by atoms with E-state index in [0.717, 1.165) is 26.1 Å². The third kappa shape index (κ3) is 3.57. The van der Waals surface area contributed by atoms with E-state index in [1.165, 1.54) is 12.8 Å². The molecule has 1 aliphatic heterocycles. The van der Waals surface area contributed by atoms with Crippen LogP contribution in [0.5, 0.6) is 0 Å². The van der Waals surface area contributed by atoms with E-state index in [1.807, 2.05) is 0 Å². The van der Waals surface area contributed by atoms with Gasteiger partial charge in [0.15, 0.2) is 0 Å². The van der Waals surface area contributed by atoms with Gasteiger partial charge in [-0.3, -0.25) is 4.79 Å². The van der Waals surface area contributed by atoms with Crippen molar-refractivity contribution >= 4 is 5.78 Å². The summed E-state index contributed by atoms with van der Waals surface area (Å²) in [5, 5.41) is 0. The molecule has 1 saturated carbocycles. The third-order valence-corrected chi connectivity index (χ3v) is 5.16. The normalized spacial score (nSPS) is 41.5. The minimum Gasteiger partial charge on any atom is -0.380 e. The minimum atomic E-state index is 0.252. The number of Topliss-reactive ketones (excluding diaryl/α,β-unsaturated/α-hetero) is 1. The van der Waals surface area contributed by atoms with Crippen LogP contribution in [0.25, 0.3) is 0 Å². The SMILES string of the molecule is COC1CN(CC2C(=O)CC(C)CC2C)CCC1C. The maximum Gasteiger partial charge on any atom is 0.137 e. The van der Waals surface area contributed by atoms with Crippen LogP contribution in [0.15, 0.2) is 0 Å². The van der Waals surface area contributed by atoms with Crippen molar-refractivity contribution in [2.24, 2.45) is 23.7 Å². The Kier molecular flexibility index (Phi) is 5.02. The molecule has 19 heavy (non-hydrogen) atoms. The Hall–Kier alpha value is -0.410. The number of carbonyl (C=O) groups is 1. The van der Waals surface area contributed by atoms with E-state index in [0.29, 0.717) is 29.6 Å². The van der Waals surface area contributed by atoms with Crippen molar-refractivity contribution in [3.8, 4) is 0 Å². The first kappa shape index (κ1) is 15.0. The van der Waals surface area contributed by atoms with Crippen LogP contribution in [0.2, 0.25) is 0 Å². The molecule has 0 spiro atoms. The zero-order valence-corrected chi connectivity index (χ0v) is 12.9. The van der Waals surface area contributed by atoms with Gasteiger partial charge in [0, 0.05) is 32.5 Å². The second-order valence-electron chi connectivity index (χ2n) is 6.89. The predicted octanol–water partition coefficient (Wildman–Crippen LogP) is 2.59. The van der Waals surface area contributed by atoms with E-state index in [9.17, 15) is 4.79 Å². The number of hydrogen-bond donors (Lipinski definition) is 0. The predicted molar refractivity (Wildman–Crippen MR) is 77.1 cm³/mol. The zero-order valence-electron chi connectivity index (χ0n) is 12.9. The lowest BCUT2D eigenvalue weighted by molar-refractivity contribution is -0.129. The van der Waals surface area contributed by atoms with E-state index < -0.39 is 0 Å². The fourth-order valence-corrected chi connectivity index (χ4v) is 3.82. The lowest BCUT2D eigenvalue weighted by Gasteiger charge is -2.40. The number of methoxy groups -OCH3 is 1. The maximum absolute atomic E-state index is 12.2. The molecule has 2 rings (SSSR count). The molecule has 0 aromatic heterocycles. The van der Waals surface area contributed by atoms with Gasteiger partial charge < -0.3 is 9.64 Å². The number of ketones is 1. The molecule has 0 N–H and O–H groups in total. The van der Waals surface area contributed by atoms with Gasteiger partial charge in [0.2, 0.25) is 0 Å². The minimum absolute atomic E-state index is 0.252. The van der Waals surface area contributed by atoms with Gasteiger partial charge in [-0.2, -0.15) is 0 Å². The summed E-state index contributed by atoms with van der Waals surface area (Å²) in [5.41, 5.74) is 0. The lowest BCUT2D eigenvalue weighted by Crippen LogP contribution is -2.48. The summed E-state index contributed by atoms with van der Waals surface area (Å²) in [4.78, 5) is 14.7. The molecular formula is C16H29NO2. The molecule has 0 aromatic rings. The van der Waals surface area contributed by atoms with Crippen molar-refractivity contribution in [3.05, 3.63) is 0 Å². The van der Waals surface area contributed by atoms with E-state index in [4.69, 9.17) is 4.74 Å². The van der Waals surface area contributed by atoms with Crippen molar-refractivity contribution in [1.29, 1.82) is 0 Å². The molecule has 0 aromatic carbocycles. The first-order valence-corrected chi connectivity index (χ1v) is 7.79. The highest BCUT2D eigenvalue weighted by atomic mass is 16.5. The smallest absolute Gasteiger partial charge is 0.137 e. The molecule has 2 aliphatic rings. The number of likely N-dealkylation sites (tertiary alicyclic amines) is 1. The van der Waals surface area contributed by atoms with Gasteiger partial charge in [0.05, 0.1) is 6.10 Å². The molecule has 1 heterocycles. The monoisotopic (exact) mass is 267 g/mol. The first-order valence-electron chi connectivity index (χ1n) is 7.79. The Morgan fingerprint density at radius 2 is 2.00 bits per heavy atom. The lowest BCUT2D eigenvalue weighted by atomic mass is 9.74. The van der Waals surface area contributed by atoms with Gasteiger partial charge in [-0.1, -0.05) is 20.8 Å². The van der Waals surface area contributed by atoms with E-state index in [1.54, 1.807) is 7.11 Å². The molecule has 0 amide bonds. The Morgan fingerprint density at radius 3 is 2.63 bits per heavy atom. The molecule has 3 heteroatoms. The van der Waals surface area contributed by atoms with Crippen LogP contribution >= 0.6 is 0 Å². The summed E-state index contributed by atoms with van der Waals surface area (Å²) in [5.74, 6) is 2.49.